The lowest BCUT2D eigenvalue weighted by Crippen LogP contribution is -2.43. The molecule has 4 atom stereocenters. The number of nitriles is 1. The number of nitrogens with two attached hydrogens (primary N) is 1. The molecule has 2 aromatic heterocycles. The Morgan fingerprint density at radius 1 is 1.27 bits per heavy atom. The average Bonchev–Trinajstić information content (AvgIpc) is 3.85. The number of carbonyl (C=O) groups excluding carboxylic acids is 1. The molecule has 3 fully saturated rings. The summed E-state index contributed by atoms with van der Waals surface area (Å²) in [5.74, 6) is -2.93. The van der Waals surface area contributed by atoms with Gasteiger partial charge in [-0.25, -0.2) is 8.78 Å². The van der Waals surface area contributed by atoms with Crippen molar-refractivity contribution in [3.8, 4) is 29.1 Å². The van der Waals surface area contributed by atoms with Crippen LogP contribution in [0.3, 0.4) is 0 Å². The van der Waals surface area contributed by atoms with Crippen LogP contribution in [0.4, 0.5) is 27.0 Å². The number of nitrogens with zero attached hydrogens (tertiary/aromatic N) is 5. The third kappa shape index (κ3) is 5.81. The summed E-state index contributed by atoms with van der Waals surface area (Å²) in [6.45, 7) is 7.18. The second kappa shape index (κ2) is 12.9. The number of amides is 1. The highest BCUT2D eigenvalue weighted by molar-refractivity contribution is 7.23. The number of hydrogen-bond donors (Lipinski definition) is 1. The maximum absolute atomic E-state index is 17.0. The molecule has 0 spiro atoms. The van der Waals surface area contributed by atoms with Crippen LogP contribution in [-0.2, 0) is 15.7 Å². The van der Waals surface area contributed by atoms with Gasteiger partial charge in [-0.05, 0) is 56.5 Å². The molecule has 4 aromatic rings. The Morgan fingerprint density at radius 3 is 2.76 bits per heavy atom. The number of anilines is 1. The molecule has 4 unspecified atom stereocenters. The number of nitrogen functional groups attached to an aromatic ring is 1. The highest BCUT2D eigenvalue weighted by atomic mass is 32.1. The number of aromatic nitrogens is 2. The number of fused-ring (bicyclic) bond motifs is 3. The van der Waals surface area contributed by atoms with E-state index in [0.29, 0.717) is 43.3 Å². The van der Waals surface area contributed by atoms with E-state index >= 15 is 4.39 Å². The van der Waals surface area contributed by atoms with Gasteiger partial charge in [-0.2, -0.15) is 28.4 Å². The Hall–Kier alpha value is -4.59. The zero-order chi connectivity index (χ0) is 36.4. The van der Waals surface area contributed by atoms with Crippen LogP contribution in [0.2, 0.25) is 0 Å². The Balaban J connectivity index is 1.41. The number of alkyl halides is 3. The fourth-order valence-corrected chi connectivity index (χ4v) is 8.74. The van der Waals surface area contributed by atoms with Gasteiger partial charge in [0.25, 0.3) is 0 Å². The molecule has 7 rings (SSSR count). The Kier molecular flexibility index (Phi) is 8.79. The fourth-order valence-electron chi connectivity index (χ4n) is 7.79. The highest BCUT2D eigenvalue weighted by Crippen LogP contribution is 2.48. The van der Waals surface area contributed by atoms with Crippen LogP contribution < -0.4 is 15.2 Å². The molecule has 0 saturated carbocycles. The van der Waals surface area contributed by atoms with Gasteiger partial charge < -0.3 is 24.8 Å². The number of carbonyl (C=O) groups is 1. The van der Waals surface area contributed by atoms with Crippen LogP contribution in [0.5, 0.6) is 11.9 Å². The van der Waals surface area contributed by atoms with Crippen LogP contribution in [0.1, 0.15) is 43.7 Å². The molecule has 2 aromatic carbocycles. The molecule has 5 heterocycles. The standard InChI is InChI=1S/C35H33F5N6O4S/c1-4-25(47)46-11-8-24(17(46)2)50-32-20-12-22(35(38,39)40)27(19-6-7-23(36)30-26(19)21(14-41)31(42)51-30)28(37)29(20)43-33(44-32)49-16-34-9-5-10-45(34)15-18(13-34)48-3/h4,6-7,12,17-18,24H,1,5,8-11,13,15-16,42H2,2-3H3. The minimum atomic E-state index is -5.13. The molecule has 0 bridgehead atoms. The summed E-state index contributed by atoms with van der Waals surface area (Å²) in [7, 11) is 1.64. The molecule has 2 N–H and O–H groups in total. The lowest BCUT2D eigenvalue weighted by molar-refractivity contribution is -0.137. The van der Waals surface area contributed by atoms with Gasteiger partial charge in [-0.1, -0.05) is 12.6 Å². The minimum Gasteiger partial charge on any atom is -0.471 e. The molecule has 3 aliphatic rings. The van der Waals surface area contributed by atoms with Crippen molar-refractivity contribution in [1.82, 2.24) is 19.8 Å². The lowest BCUT2D eigenvalue weighted by Gasteiger charge is -2.31. The molecule has 3 aliphatic heterocycles. The van der Waals surface area contributed by atoms with Gasteiger partial charge in [0.1, 0.15) is 35.1 Å². The van der Waals surface area contributed by atoms with E-state index in [1.165, 1.54) is 4.90 Å². The second-order valence-corrected chi connectivity index (χ2v) is 14.2. The van der Waals surface area contributed by atoms with Crippen molar-refractivity contribution < 1.29 is 41.0 Å². The van der Waals surface area contributed by atoms with Crippen molar-refractivity contribution >= 4 is 43.2 Å². The minimum absolute atomic E-state index is 0.0202. The number of methoxy groups -OCH3 is 1. The normalized spacial score (nSPS) is 23.6. The van der Waals surface area contributed by atoms with Gasteiger partial charge in [0, 0.05) is 37.6 Å². The van der Waals surface area contributed by atoms with E-state index in [1.807, 2.05) is 6.07 Å². The van der Waals surface area contributed by atoms with E-state index in [9.17, 15) is 27.6 Å². The van der Waals surface area contributed by atoms with Gasteiger partial charge in [0.15, 0.2) is 5.82 Å². The number of benzene rings is 2. The summed E-state index contributed by atoms with van der Waals surface area (Å²) in [5.41, 5.74) is 2.00. The predicted molar refractivity (Wildman–Crippen MR) is 179 cm³/mol. The Labute approximate surface area is 293 Å². The second-order valence-electron chi connectivity index (χ2n) is 13.1. The highest BCUT2D eigenvalue weighted by Gasteiger charge is 2.49. The third-order valence-corrected chi connectivity index (χ3v) is 11.4. The predicted octanol–water partition coefficient (Wildman–Crippen LogP) is 6.45. The zero-order valence-corrected chi connectivity index (χ0v) is 28.5. The molecule has 1 amide bonds. The molecular formula is C35H33F5N6O4S. The van der Waals surface area contributed by atoms with Crippen molar-refractivity contribution in [2.24, 2.45) is 0 Å². The molecule has 3 saturated heterocycles. The van der Waals surface area contributed by atoms with E-state index < -0.39 is 52.1 Å². The first kappa shape index (κ1) is 34.8. The van der Waals surface area contributed by atoms with Crippen molar-refractivity contribution in [1.29, 1.82) is 5.26 Å². The molecule has 10 nitrogen and oxygen atoms in total. The Bertz CT molecular complexity index is 2120. The molecule has 16 heteroatoms. The molecule has 0 aliphatic carbocycles. The number of rotatable bonds is 8. The molecule has 51 heavy (non-hydrogen) atoms. The Morgan fingerprint density at radius 2 is 2.06 bits per heavy atom. The monoisotopic (exact) mass is 728 g/mol. The first-order valence-electron chi connectivity index (χ1n) is 16.3. The van der Waals surface area contributed by atoms with E-state index in [0.717, 1.165) is 37.6 Å². The van der Waals surface area contributed by atoms with E-state index in [1.54, 1.807) is 14.0 Å². The first-order valence-corrected chi connectivity index (χ1v) is 17.1. The van der Waals surface area contributed by atoms with Gasteiger partial charge in [0.05, 0.1) is 38.9 Å². The largest absolute Gasteiger partial charge is 0.471 e. The first-order chi connectivity index (χ1) is 24.3. The average molecular weight is 729 g/mol. The number of halogens is 5. The summed E-state index contributed by atoms with van der Waals surface area (Å²) in [6.07, 6.45) is -2.00. The topological polar surface area (TPSA) is 127 Å². The smallest absolute Gasteiger partial charge is 0.417 e. The van der Waals surface area contributed by atoms with Crippen molar-refractivity contribution in [3.05, 3.63) is 53.6 Å². The van der Waals surface area contributed by atoms with Crippen LogP contribution in [-0.4, -0.2) is 82.8 Å². The lowest BCUT2D eigenvalue weighted by atomic mass is 9.92. The quantitative estimate of drug-likeness (QED) is 0.161. The van der Waals surface area contributed by atoms with Gasteiger partial charge >= 0.3 is 12.2 Å². The number of likely N-dealkylation sites (tertiary alicyclic amines) is 1. The number of ether oxygens (including phenoxy) is 3. The SMILES string of the molecule is C=CC(=O)N1CCC(Oc2nc(OCC34CCCN3CC(OC)C4)nc3c(F)c(-c4ccc(F)c5sc(N)c(C#N)c45)c(C(F)(F)F)cc23)C1C. The van der Waals surface area contributed by atoms with Crippen molar-refractivity contribution in [2.45, 2.75) is 62.6 Å². The summed E-state index contributed by atoms with van der Waals surface area (Å²) in [5, 5.41) is 9.07. The van der Waals surface area contributed by atoms with Crippen LogP contribution >= 0.6 is 11.3 Å². The summed E-state index contributed by atoms with van der Waals surface area (Å²) in [4.78, 5) is 24.9. The van der Waals surface area contributed by atoms with Gasteiger partial charge in [0.2, 0.25) is 11.8 Å². The van der Waals surface area contributed by atoms with Crippen LogP contribution in [0.15, 0.2) is 30.9 Å². The van der Waals surface area contributed by atoms with Gasteiger partial charge in [-0.3, -0.25) is 9.69 Å². The zero-order valence-electron chi connectivity index (χ0n) is 27.6. The summed E-state index contributed by atoms with van der Waals surface area (Å²) in [6, 6.07) is 3.56. The summed E-state index contributed by atoms with van der Waals surface area (Å²) >= 11 is 0.679. The number of thiophene rings is 1. The maximum Gasteiger partial charge on any atom is 0.417 e. The maximum atomic E-state index is 17.0. The molecular weight excluding hydrogens is 695 g/mol. The van der Waals surface area contributed by atoms with Crippen LogP contribution in [0.25, 0.3) is 32.1 Å². The van der Waals surface area contributed by atoms with E-state index in [2.05, 4.69) is 21.4 Å². The van der Waals surface area contributed by atoms with Gasteiger partial charge in [-0.15, -0.1) is 11.3 Å². The molecule has 0 radical (unpaired) electrons. The summed E-state index contributed by atoms with van der Waals surface area (Å²) < 4.78 is 94.6. The number of hydrogen-bond acceptors (Lipinski definition) is 10. The van der Waals surface area contributed by atoms with E-state index in [4.69, 9.17) is 19.9 Å². The van der Waals surface area contributed by atoms with E-state index in [-0.39, 0.29) is 62.1 Å². The third-order valence-electron chi connectivity index (χ3n) is 10.4. The molecule has 268 valence electrons. The fraction of sp³-hybridized carbons (Fsp3) is 0.429. The van der Waals surface area contributed by atoms with Crippen molar-refractivity contribution in [3.63, 3.8) is 0 Å². The van der Waals surface area contributed by atoms with Crippen LogP contribution in [0, 0.1) is 23.0 Å². The van der Waals surface area contributed by atoms with Crippen molar-refractivity contribution in [2.75, 3.05) is 39.1 Å².